The Morgan fingerprint density at radius 1 is 1.17 bits per heavy atom. The van der Waals surface area contributed by atoms with Crippen molar-refractivity contribution in [1.82, 2.24) is 0 Å². The summed E-state index contributed by atoms with van der Waals surface area (Å²) >= 11 is 1.38. The Balaban J connectivity index is 2.02. The second-order valence-corrected chi connectivity index (χ2v) is 4.50. The van der Waals surface area contributed by atoms with Gasteiger partial charge in [0.1, 0.15) is 5.75 Å². The SMILES string of the molecule is CC(=O)Oc1ccc(NC(=O)c2cccs2)cc1. The number of carbonyl (C=O) groups is 2. The van der Waals surface area contributed by atoms with E-state index in [1.54, 1.807) is 30.3 Å². The lowest BCUT2D eigenvalue weighted by Crippen LogP contribution is -2.10. The molecule has 0 aliphatic carbocycles. The molecule has 1 amide bonds. The van der Waals surface area contributed by atoms with Crippen molar-refractivity contribution in [1.29, 1.82) is 0 Å². The van der Waals surface area contributed by atoms with Crippen molar-refractivity contribution in [2.75, 3.05) is 5.32 Å². The molecule has 1 aromatic carbocycles. The van der Waals surface area contributed by atoms with E-state index in [-0.39, 0.29) is 11.9 Å². The summed E-state index contributed by atoms with van der Waals surface area (Å²) in [7, 11) is 0. The fraction of sp³-hybridized carbons (Fsp3) is 0.0769. The van der Waals surface area contributed by atoms with Crippen LogP contribution in [0.4, 0.5) is 5.69 Å². The first kappa shape index (κ1) is 12.3. The van der Waals surface area contributed by atoms with E-state index in [2.05, 4.69) is 5.32 Å². The highest BCUT2D eigenvalue weighted by molar-refractivity contribution is 7.12. The van der Waals surface area contributed by atoms with Gasteiger partial charge in [0.2, 0.25) is 0 Å². The summed E-state index contributed by atoms with van der Waals surface area (Å²) in [6, 6.07) is 10.2. The van der Waals surface area contributed by atoms with Crippen LogP contribution in [0, 0.1) is 0 Å². The molecule has 1 N–H and O–H groups in total. The molecule has 0 saturated carbocycles. The number of nitrogens with one attached hydrogen (secondary N) is 1. The van der Waals surface area contributed by atoms with Crippen LogP contribution < -0.4 is 10.1 Å². The van der Waals surface area contributed by atoms with E-state index >= 15 is 0 Å². The van der Waals surface area contributed by atoms with E-state index in [0.717, 1.165) is 0 Å². The zero-order valence-electron chi connectivity index (χ0n) is 9.67. The van der Waals surface area contributed by atoms with E-state index < -0.39 is 0 Å². The van der Waals surface area contributed by atoms with Gasteiger partial charge in [-0.2, -0.15) is 0 Å². The molecule has 2 aromatic rings. The first-order valence-electron chi connectivity index (χ1n) is 5.28. The lowest BCUT2D eigenvalue weighted by Gasteiger charge is -2.05. The van der Waals surface area contributed by atoms with Gasteiger partial charge in [-0.25, -0.2) is 0 Å². The molecular formula is C13H11NO3S. The number of ether oxygens (including phenoxy) is 1. The zero-order valence-corrected chi connectivity index (χ0v) is 10.5. The molecule has 0 spiro atoms. The number of amides is 1. The molecule has 18 heavy (non-hydrogen) atoms. The topological polar surface area (TPSA) is 55.4 Å². The average molecular weight is 261 g/mol. The maximum absolute atomic E-state index is 11.8. The third-order valence-electron chi connectivity index (χ3n) is 2.12. The van der Waals surface area contributed by atoms with E-state index in [0.29, 0.717) is 16.3 Å². The third kappa shape index (κ3) is 3.18. The molecule has 0 bridgehead atoms. The van der Waals surface area contributed by atoms with E-state index in [9.17, 15) is 9.59 Å². The number of anilines is 1. The van der Waals surface area contributed by atoms with Crippen molar-refractivity contribution in [3.05, 3.63) is 46.7 Å². The molecule has 92 valence electrons. The van der Waals surface area contributed by atoms with Gasteiger partial charge < -0.3 is 10.1 Å². The number of carbonyl (C=O) groups excluding carboxylic acids is 2. The van der Waals surface area contributed by atoms with E-state index in [4.69, 9.17) is 4.74 Å². The van der Waals surface area contributed by atoms with Gasteiger partial charge in [-0.1, -0.05) is 6.07 Å². The van der Waals surface area contributed by atoms with Crippen molar-refractivity contribution in [2.24, 2.45) is 0 Å². The highest BCUT2D eigenvalue weighted by atomic mass is 32.1. The molecule has 0 atom stereocenters. The number of hydrogen-bond acceptors (Lipinski definition) is 4. The van der Waals surface area contributed by atoms with Crippen molar-refractivity contribution < 1.29 is 14.3 Å². The first-order valence-corrected chi connectivity index (χ1v) is 6.16. The summed E-state index contributed by atoms with van der Waals surface area (Å²) in [5, 5.41) is 4.60. The van der Waals surface area contributed by atoms with Crippen LogP contribution in [0.1, 0.15) is 16.6 Å². The molecule has 2 rings (SSSR count). The first-order chi connectivity index (χ1) is 8.65. The Hall–Kier alpha value is -2.14. The van der Waals surface area contributed by atoms with Gasteiger partial charge >= 0.3 is 5.97 Å². The van der Waals surface area contributed by atoms with Crippen LogP contribution in [0.2, 0.25) is 0 Å². The van der Waals surface area contributed by atoms with Gasteiger partial charge in [0.25, 0.3) is 5.91 Å². The maximum atomic E-state index is 11.8. The van der Waals surface area contributed by atoms with Crippen molar-refractivity contribution in [2.45, 2.75) is 6.92 Å². The van der Waals surface area contributed by atoms with Crippen LogP contribution in [-0.4, -0.2) is 11.9 Å². The zero-order chi connectivity index (χ0) is 13.0. The molecule has 0 aliphatic rings. The van der Waals surface area contributed by atoms with Gasteiger partial charge in [-0.3, -0.25) is 9.59 Å². The highest BCUT2D eigenvalue weighted by Gasteiger charge is 2.06. The summed E-state index contributed by atoms with van der Waals surface area (Å²) in [4.78, 5) is 23.1. The molecule has 5 heteroatoms. The monoisotopic (exact) mass is 261 g/mol. The predicted molar refractivity (Wildman–Crippen MR) is 70.0 cm³/mol. The molecule has 1 heterocycles. The van der Waals surface area contributed by atoms with Crippen LogP contribution in [0.5, 0.6) is 5.75 Å². The van der Waals surface area contributed by atoms with E-state index in [1.807, 2.05) is 11.4 Å². The van der Waals surface area contributed by atoms with E-state index in [1.165, 1.54) is 18.3 Å². The summed E-state index contributed by atoms with van der Waals surface area (Å²) in [6.45, 7) is 1.34. The van der Waals surface area contributed by atoms with Gasteiger partial charge in [0.05, 0.1) is 4.88 Å². The molecule has 0 radical (unpaired) electrons. The molecule has 0 unspecified atom stereocenters. The van der Waals surface area contributed by atoms with Gasteiger partial charge in [-0.05, 0) is 35.7 Å². The lowest BCUT2D eigenvalue weighted by atomic mass is 10.3. The Labute approximate surface area is 108 Å². The molecule has 0 saturated heterocycles. The van der Waals surface area contributed by atoms with Crippen molar-refractivity contribution in [3.63, 3.8) is 0 Å². The predicted octanol–water partition coefficient (Wildman–Crippen LogP) is 2.93. The van der Waals surface area contributed by atoms with Gasteiger partial charge in [-0.15, -0.1) is 11.3 Å². The Morgan fingerprint density at radius 2 is 1.89 bits per heavy atom. The Kier molecular flexibility index (Phi) is 3.74. The molecule has 4 nitrogen and oxygen atoms in total. The van der Waals surface area contributed by atoms with Gasteiger partial charge in [0.15, 0.2) is 0 Å². The second kappa shape index (κ2) is 5.46. The molecule has 0 aliphatic heterocycles. The Bertz CT molecular complexity index is 546. The molecule has 0 fully saturated rings. The number of hydrogen-bond donors (Lipinski definition) is 1. The normalized spacial score (nSPS) is 9.83. The van der Waals surface area contributed by atoms with Crippen LogP contribution in [0.25, 0.3) is 0 Å². The second-order valence-electron chi connectivity index (χ2n) is 3.55. The quantitative estimate of drug-likeness (QED) is 0.682. The standard InChI is InChI=1S/C13H11NO3S/c1-9(15)17-11-6-4-10(5-7-11)14-13(16)12-3-2-8-18-12/h2-8H,1H3,(H,14,16). The highest BCUT2D eigenvalue weighted by Crippen LogP contribution is 2.17. The smallest absolute Gasteiger partial charge is 0.308 e. The van der Waals surface area contributed by atoms with Crippen LogP contribution in [-0.2, 0) is 4.79 Å². The number of rotatable bonds is 3. The van der Waals surface area contributed by atoms with Crippen LogP contribution >= 0.6 is 11.3 Å². The Morgan fingerprint density at radius 3 is 2.44 bits per heavy atom. The van der Waals surface area contributed by atoms with Gasteiger partial charge in [0, 0.05) is 12.6 Å². The lowest BCUT2D eigenvalue weighted by molar-refractivity contribution is -0.131. The largest absolute Gasteiger partial charge is 0.427 e. The minimum atomic E-state index is -0.370. The molecule has 1 aromatic heterocycles. The fourth-order valence-electron chi connectivity index (χ4n) is 1.37. The van der Waals surface area contributed by atoms with Crippen LogP contribution in [0.15, 0.2) is 41.8 Å². The molecular weight excluding hydrogens is 250 g/mol. The minimum Gasteiger partial charge on any atom is -0.427 e. The fourth-order valence-corrected chi connectivity index (χ4v) is 1.99. The number of thiophene rings is 1. The third-order valence-corrected chi connectivity index (χ3v) is 2.99. The summed E-state index contributed by atoms with van der Waals surface area (Å²) < 4.78 is 4.90. The average Bonchev–Trinajstić information content (AvgIpc) is 2.84. The summed E-state index contributed by atoms with van der Waals surface area (Å²) in [6.07, 6.45) is 0. The van der Waals surface area contributed by atoms with Crippen LogP contribution in [0.3, 0.4) is 0 Å². The summed E-state index contributed by atoms with van der Waals surface area (Å²) in [5.74, 6) is -0.0627. The van der Waals surface area contributed by atoms with Crippen molar-refractivity contribution in [3.8, 4) is 5.75 Å². The maximum Gasteiger partial charge on any atom is 0.308 e. The number of esters is 1. The van der Waals surface area contributed by atoms with Crippen molar-refractivity contribution >= 4 is 28.9 Å². The number of benzene rings is 1. The summed E-state index contributed by atoms with van der Waals surface area (Å²) in [5.41, 5.74) is 0.657. The minimum absolute atomic E-state index is 0.148.